The third kappa shape index (κ3) is 2.76. The number of carbonyl (C=O) groups is 1. The van der Waals surface area contributed by atoms with Crippen molar-refractivity contribution in [2.45, 2.75) is 12.3 Å². The summed E-state index contributed by atoms with van der Waals surface area (Å²) in [6, 6.07) is 12.7. The van der Waals surface area contributed by atoms with E-state index in [1.165, 1.54) is 0 Å². The summed E-state index contributed by atoms with van der Waals surface area (Å²) in [5.41, 5.74) is 1.40. The van der Waals surface area contributed by atoms with Gasteiger partial charge in [-0.15, -0.1) is 0 Å². The molecular weight excluding hydrogens is 328 g/mol. The first-order valence-corrected chi connectivity index (χ1v) is 7.89. The molecule has 24 heavy (non-hydrogen) atoms. The van der Waals surface area contributed by atoms with Crippen molar-refractivity contribution >= 4 is 23.2 Å². The zero-order valence-electron chi connectivity index (χ0n) is 12.6. The van der Waals surface area contributed by atoms with Gasteiger partial charge in [0.2, 0.25) is 5.91 Å². The van der Waals surface area contributed by atoms with Crippen molar-refractivity contribution in [1.29, 1.82) is 0 Å². The summed E-state index contributed by atoms with van der Waals surface area (Å²) >= 11 is 6.01. The van der Waals surface area contributed by atoms with Crippen LogP contribution in [0.4, 0.5) is 5.69 Å². The van der Waals surface area contributed by atoms with E-state index in [-0.39, 0.29) is 11.8 Å². The lowest BCUT2D eigenvalue weighted by Gasteiger charge is -2.16. The molecule has 4 rings (SSSR count). The maximum Gasteiger partial charge on any atom is 0.276 e. The summed E-state index contributed by atoms with van der Waals surface area (Å²) < 4.78 is 5.28. The average Bonchev–Trinajstić information content (AvgIpc) is 3.22. The Morgan fingerprint density at radius 1 is 1.21 bits per heavy atom. The molecule has 3 aromatic rings. The first-order valence-electron chi connectivity index (χ1n) is 7.51. The normalized spacial score (nSPS) is 17.5. The van der Waals surface area contributed by atoms with E-state index in [9.17, 15) is 4.79 Å². The Balaban J connectivity index is 1.56. The van der Waals surface area contributed by atoms with Crippen molar-refractivity contribution in [2.24, 2.45) is 0 Å². The lowest BCUT2D eigenvalue weighted by Crippen LogP contribution is -2.24. The highest BCUT2D eigenvalue weighted by Gasteiger charge is 2.34. The maximum absolute atomic E-state index is 12.3. The van der Waals surface area contributed by atoms with E-state index in [2.05, 4.69) is 15.1 Å². The largest absolute Gasteiger partial charge is 0.332 e. The Kier molecular flexibility index (Phi) is 3.74. The molecule has 0 radical (unpaired) electrons. The second-order valence-corrected chi connectivity index (χ2v) is 5.99. The Hall–Kier alpha value is -2.73. The SMILES string of the molecule is O=C1CC(c2noc(-c3ccccn3)n2)CN1c1cccc(Cl)c1. The van der Waals surface area contributed by atoms with Crippen LogP contribution in [0.1, 0.15) is 18.2 Å². The van der Waals surface area contributed by atoms with Crippen LogP contribution >= 0.6 is 11.6 Å². The minimum atomic E-state index is -0.113. The number of aromatic nitrogens is 3. The fourth-order valence-corrected chi connectivity index (χ4v) is 2.95. The number of anilines is 1. The smallest absolute Gasteiger partial charge is 0.276 e. The number of amides is 1. The van der Waals surface area contributed by atoms with Crippen LogP contribution in [0.5, 0.6) is 0 Å². The number of carbonyl (C=O) groups excluding carboxylic acids is 1. The minimum Gasteiger partial charge on any atom is -0.332 e. The molecule has 1 saturated heterocycles. The summed E-state index contributed by atoms with van der Waals surface area (Å²) in [5.74, 6) is 0.789. The standard InChI is InChI=1S/C17H13ClN4O2/c18-12-4-3-5-13(9-12)22-10-11(8-15(22)23)16-20-17(24-21-16)14-6-1-2-7-19-14/h1-7,9,11H,8,10H2. The van der Waals surface area contributed by atoms with Gasteiger partial charge in [-0.05, 0) is 30.3 Å². The van der Waals surface area contributed by atoms with Crippen LogP contribution < -0.4 is 4.90 Å². The fraction of sp³-hybridized carbons (Fsp3) is 0.176. The molecule has 0 aliphatic carbocycles. The van der Waals surface area contributed by atoms with E-state index in [0.717, 1.165) is 5.69 Å². The van der Waals surface area contributed by atoms with Gasteiger partial charge in [0, 0.05) is 35.8 Å². The van der Waals surface area contributed by atoms with E-state index in [4.69, 9.17) is 16.1 Å². The summed E-state index contributed by atoms with van der Waals surface area (Å²) in [7, 11) is 0. The van der Waals surface area contributed by atoms with Gasteiger partial charge in [-0.3, -0.25) is 9.78 Å². The van der Waals surface area contributed by atoms with Gasteiger partial charge in [0.15, 0.2) is 5.82 Å². The zero-order chi connectivity index (χ0) is 16.5. The minimum absolute atomic E-state index is 0.0199. The molecule has 0 N–H and O–H groups in total. The summed E-state index contributed by atoms with van der Waals surface area (Å²) in [6.45, 7) is 0.500. The third-order valence-corrected chi connectivity index (χ3v) is 4.17. The highest BCUT2D eigenvalue weighted by Crippen LogP contribution is 2.32. The number of rotatable bonds is 3. The Morgan fingerprint density at radius 2 is 2.12 bits per heavy atom. The van der Waals surface area contributed by atoms with Crippen molar-refractivity contribution in [3.8, 4) is 11.6 Å². The molecule has 1 aromatic carbocycles. The van der Waals surface area contributed by atoms with E-state index < -0.39 is 0 Å². The molecule has 1 amide bonds. The van der Waals surface area contributed by atoms with Crippen LogP contribution in [0.15, 0.2) is 53.2 Å². The predicted octanol–water partition coefficient (Wildman–Crippen LogP) is 3.31. The van der Waals surface area contributed by atoms with Crippen LogP contribution in [0.3, 0.4) is 0 Å². The molecule has 2 aromatic heterocycles. The highest BCUT2D eigenvalue weighted by atomic mass is 35.5. The first-order chi connectivity index (χ1) is 11.7. The number of halogens is 1. The van der Waals surface area contributed by atoms with E-state index in [1.54, 1.807) is 29.3 Å². The molecule has 3 heterocycles. The van der Waals surface area contributed by atoms with E-state index in [0.29, 0.717) is 35.4 Å². The second kappa shape index (κ2) is 6.05. The molecule has 1 unspecified atom stereocenters. The summed E-state index contributed by atoms with van der Waals surface area (Å²) in [6.07, 6.45) is 2.01. The van der Waals surface area contributed by atoms with Crippen molar-refractivity contribution in [3.63, 3.8) is 0 Å². The molecule has 0 saturated carbocycles. The predicted molar refractivity (Wildman–Crippen MR) is 88.7 cm³/mol. The number of pyridine rings is 1. The van der Waals surface area contributed by atoms with Gasteiger partial charge in [0.1, 0.15) is 5.69 Å². The van der Waals surface area contributed by atoms with Gasteiger partial charge >= 0.3 is 0 Å². The van der Waals surface area contributed by atoms with Crippen molar-refractivity contribution in [3.05, 3.63) is 59.5 Å². The molecule has 1 aliphatic heterocycles. The molecule has 7 heteroatoms. The summed E-state index contributed by atoms with van der Waals surface area (Å²) in [4.78, 5) is 22.6. The molecule has 120 valence electrons. The number of hydrogen-bond acceptors (Lipinski definition) is 5. The fourth-order valence-electron chi connectivity index (χ4n) is 2.77. The summed E-state index contributed by atoms with van der Waals surface area (Å²) in [5, 5.41) is 4.62. The topological polar surface area (TPSA) is 72.1 Å². The van der Waals surface area contributed by atoms with Crippen molar-refractivity contribution < 1.29 is 9.32 Å². The second-order valence-electron chi connectivity index (χ2n) is 5.56. The quantitative estimate of drug-likeness (QED) is 0.731. The number of benzene rings is 1. The highest BCUT2D eigenvalue weighted by molar-refractivity contribution is 6.30. The lowest BCUT2D eigenvalue weighted by molar-refractivity contribution is -0.117. The molecule has 1 fully saturated rings. The van der Waals surface area contributed by atoms with E-state index in [1.807, 2.05) is 24.3 Å². The van der Waals surface area contributed by atoms with Gasteiger partial charge in [-0.25, -0.2) is 0 Å². The molecule has 0 bridgehead atoms. The Bertz CT molecular complexity index is 881. The van der Waals surface area contributed by atoms with E-state index >= 15 is 0 Å². The van der Waals surface area contributed by atoms with Crippen LogP contribution in [-0.4, -0.2) is 27.6 Å². The van der Waals surface area contributed by atoms with Crippen LogP contribution in [0.2, 0.25) is 5.02 Å². The van der Waals surface area contributed by atoms with Gasteiger partial charge in [-0.2, -0.15) is 4.98 Å². The van der Waals surface area contributed by atoms with Gasteiger partial charge in [0.05, 0.1) is 0 Å². The lowest BCUT2D eigenvalue weighted by atomic mass is 10.1. The van der Waals surface area contributed by atoms with Crippen LogP contribution in [-0.2, 0) is 4.79 Å². The van der Waals surface area contributed by atoms with Gasteiger partial charge < -0.3 is 9.42 Å². The van der Waals surface area contributed by atoms with Gasteiger partial charge in [0.25, 0.3) is 5.89 Å². The molecule has 6 nitrogen and oxygen atoms in total. The average molecular weight is 341 g/mol. The number of nitrogens with zero attached hydrogens (tertiary/aromatic N) is 4. The van der Waals surface area contributed by atoms with Crippen LogP contribution in [0.25, 0.3) is 11.6 Å². The number of hydrogen-bond donors (Lipinski definition) is 0. The maximum atomic E-state index is 12.3. The molecule has 0 spiro atoms. The zero-order valence-corrected chi connectivity index (χ0v) is 13.3. The monoisotopic (exact) mass is 340 g/mol. The first kappa shape index (κ1) is 14.8. The molecule has 1 aliphatic rings. The van der Waals surface area contributed by atoms with Gasteiger partial charge in [-0.1, -0.05) is 28.9 Å². The van der Waals surface area contributed by atoms with Crippen LogP contribution in [0, 0.1) is 0 Å². The molecular formula is C17H13ClN4O2. The Labute approximate surface area is 143 Å². The molecule has 1 atom stereocenters. The third-order valence-electron chi connectivity index (χ3n) is 3.94. The van der Waals surface area contributed by atoms with Crippen molar-refractivity contribution in [1.82, 2.24) is 15.1 Å². The van der Waals surface area contributed by atoms with Crippen molar-refractivity contribution in [2.75, 3.05) is 11.4 Å². The Morgan fingerprint density at radius 3 is 2.92 bits per heavy atom.